The third-order valence-corrected chi connectivity index (χ3v) is 19.0. The van der Waals surface area contributed by atoms with Crippen LogP contribution in [-0.4, -0.2) is 0 Å². The van der Waals surface area contributed by atoms with Crippen LogP contribution in [0, 0.1) is 94.7 Å². The van der Waals surface area contributed by atoms with Gasteiger partial charge in [-0.15, -0.1) is 0 Å². The molecule has 0 N–H and O–H groups in total. The first-order valence-corrected chi connectivity index (χ1v) is 24.2. The highest BCUT2D eigenvalue weighted by molar-refractivity contribution is 5.04. The van der Waals surface area contributed by atoms with Crippen LogP contribution in [0.25, 0.3) is 0 Å². The molecule has 0 radical (unpaired) electrons. The normalized spacial score (nSPS) is 48.5. The van der Waals surface area contributed by atoms with Crippen molar-refractivity contribution in [1.29, 1.82) is 0 Å². The number of unbranched alkanes of at least 4 members (excludes halogenated alkanes) is 2. The highest BCUT2D eigenvalue weighted by Gasteiger charge is 2.54. The molecule has 13 atom stereocenters. The lowest BCUT2D eigenvalue weighted by Gasteiger charge is -2.58. The van der Waals surface area contributed by atoms with Crippen molar-refractivity contribution < 1.29 is 0 Å². The molecule has 8 saturated carbocycles. The van der Waals surface area contributed by atoms with Crippen LogP contribution in [0.3, 0.4) is 0 Å². The second-order valence-corrected chi connectivity index (χ2v) is 21.2. The van der Waals surface area contributed by atoms with Crippen LogP contribution in [0.5, 0.6) is 0 Å². The van der Waals surface area contributed by atoms with Gasteiger partial charge in [-0.05, 0) is 172 Å². The van der Waals surface area contributed by atoms with Gasteiger partial charge in [0.25, 0.3) is 0 Å². The van der Waals surface area contributed by atoms with Crippen molar-refractivity contribution in [2.45, 2.75) is 213 Å². The fourth-order valence-electron chi connectivity index (χ4n) is 17.1. The SMILES string of the molecule is CCCCCC1CCC(C2CCCC2C2CC(C3CCCCC3)CC(C)C(C3CC4CCCCC4C4CCCCC43)C3CCCCC23)CC1. The maximum Gasteiger partial charge on any atom is -0.0326 e. The summed E-state index contributed by atoms with van der Waals surface area (Å²) < 4.78 is 0. The Bertz CT molecular complexity index is 982. The molecule has 0 heterocycles. The van der Waals surface area contributed by atoms with E-state index in [2.05, 4.69) is 13.8 Å². The minimum Gasteiger partial charge on any atom is -0.0654 e. The fraction of sp³-hybridized carbons (Fsp3) is 1.00. The van der Waals surface area contributed by atoms with Crippen LogP contribution in [0.4, 0.5) is 0 Å². The summed E-state index contributed by atoms with van der Waals surface area (Å²) in [6.07, 6.45) is 49.1. The average molecular weight is 673 g/mol. The quantitative estimate of drug-likeness (QED) is 0.225. The lowest BCUT2D eigenvalue weighted by molar-refractivity contribution is -0.0944. The molecule has 13 unspecified atom stereocenters. The number of hydrogen-bond acceptors (Lipinski definition) is 0. The molecule has 0 bridgehead atoms. The van der Waals surface area contributed by atoms with Crippen molar-refractivity contribution in [3.05, 3.63) is 0 Å². The minimum absolute atomic E-state index is 0.994. The van der Waals surface area contributed by atoms with E-state index in [1.165, 1.54) is 25.7 Å². The molecule has 0 saturated heterocycles. The Hall–Kier alpha value is 0. The van der Waals surface area contributed by atoms with Crippen molar-refractivity contribution in [3.63, 3.8) is 0 Å². The first kappa shape index (κ1) is 36.0. The van der Waals surface area contributed by atoms with E-state index in [1.807, 2.05) is 0 Å². The predicted molar refractivity (Wildman–Crippen MR) is 210 cm³/mol. The van der Waals surface area contributed by atoms with Crippen molar-refractivity contribution in [2.75, 3.05) is 0 Å². The summed E-state index contributed by atoms with van der Waals surface area (Å²) in [6, 6.07) is 0. The molecule has 280 valence electrons. The van der Waals surface area contributed by atoms with E-state index >= 15 is 0 Å². The average Bonchev–Trinajstić information content (AvgIpc) is 3.64. The highest BCUT2D eigenvalue weighted by Crippen LogP contribution is 2.62. The highest BCUT2D eigenvalue weighted by atomic mass is 14.6. The molecule has 0 aromatic rings. The summed E-state index contributed by atoms with van der Waals surface area (Å²) in [5.41, 5.74) is 0. The van der Waals surface area contributed by atoms with E-state index < -0.39 is 0 Å². The number of rotatable bonds is 8. The van der Waals surface area contributed by atoms with Gasteiger partial charge in [0.2, 0.25) is 0 Å². The van der Waals surface area contributed by atoms with Crippen LogP contribution < -0.4 is 0 Å². The Kier molecular flexibility index (Phi) is 12.5. The van der Waals surface area contributed by atoms with E-state index in [1.54, 1.807) is 173 Å². The zero-order valence-electron chi connectivity index (χ0n) is 33.2. The van der Waals surface area contributed by atoms with Gasteiger partial charge in [0.15, 0.2) is 0 Å². The lowest BCUT2D eigenvalue weighted by Crippen LogP contribution is -2.51. The predicted octanol–water partition coefficient (Wildman–Crippen LogP) is 15.1. The molecule has 0 amide bonds. The third kappa shape index (κ3) is 7.82. The van der Waals surface area contributed by atoms with Crippen LogP contribution in [0.15, 0.2) is 0 Å². The molecule has 0 spiro atoms. The maximum absolute atomic E-state index is 2.88. The van der Waals surface area contributed by atoms with E-state index in [4.69, 9.17) is 0 Å². The van der Waals surface area contributed by atoms with Gasteiger partial charge < -0.3 is 0 Å². The molecule has 8 aliphatic carbocycles. The summed E-state index contributed by atoms with van der Waals surface area (Å²) in [6.45, 7) is 5.27. The Morgan fingerprint density at radius 2 is 0.857 bits per heavy atom. The lowest BCUT2D eigenvalue weighted by atomic mass is 9.47. The molecule has 0 nitrogen and oxygen atoms in total. The molecule has 0 aliphatic heterocycles. The van der Waals surface area contributed by atoms with Crippen LogP contribution in [0.1, 0.15) is 213 Å². The largest absolute Gasteiger partial charge is 0.0654 e. The molecule has 0 aromatic heterocycles. The monoisotopic (exact) mass is 673 g/mol. The van der Waals surface area contributed by atoms with Crippen molar-refractivity contribution in [1.82, 2.24) is 0 Å². The van der Waals surface area contributed by atoms with E-state index in [0.717, 1.165) is 94.7 Å². The topological polar surface area (TPSA) is 0 Å². The van der Waals surface area contributed by atoms with Gasteiger partial charge in [-0.3, -0.25) is 0 Å². The molecule has 49 heavy (non-hydrogen) atoms. The Morgan fingerprint density at radius 1 is 0.347 bits per heavy atom. The van der Waals surface area contributed by atoms with E-state index in [9.17, 15) is 0 Å². The molecule has 8 fully saturated rings. The third-order valence-electron chi connectivity index (χ3n) is 19.0. The first-order chi connectivity index (χ1) is 24.2. The zero-order valence-corrected chi connectivity index (χ0v) is 33.2. The standard InChI is InChI=1S/C49H84/c1-3-4-6-16-35-27-29-37(30-28-35)40-25-15-26-43(40)47-33-39(36-17-7-5-8-18-36)31-34(2)49(46-24-14-13-23-45(46)47)48-32-38-19-9-10-20-41(38)42-21-11-12-22-44(42)48/h34-49H,3-33H2,1-2H3. The fourth-order valence-corrected chi connectivity index (χ4v) is 17.1. The summed E-state index contributed by atoms with van der Waals surface area (Å²) in [5.74, 6) is 17.4. The van der Waals surface area contributed by atoms with E-state index in [-0.39, 0.29) is 0 Å². The van der Waals surface area contributed by atoms with Gasteiger partial charge in [-0.1, -0.05) is 136 Å². The maximum atomic E-state index is 2.88. The molecular formula is C49H84. The van der Waals surface area contributed by atoms with Gasteiger partial charge in [0, 0.05) is 0 Å². The summed E-state index contributed by atoms with van der Waals surface area (Å²) >= 11 is 0. The number of fused-ring (bicyclic) bond motifs is 4. The molecular weight excluding hydrogens is 589 g/mol. The summed E-state index contributed by atoms with van der Waals surface area (Å²) in [7, 11) is 0. The van der Waals surface area contributed by atoms with E-state index in [0.29, 0.717) is 0 Å². The second kappa shape index (κ2) is 17.0. The van der Waals surface area contributed by atoms with Crippen LogP contribution >= 0.6 is 0 Å². The summed E-state index contributed by atoms with van der Waals surface area (Å²) in [4.78, 5) is 0. The van der Waals surface area contributed by atoms with Gasteiger partial charge in [-0.25, -0.2) is 0 Å². The second-order valence-electron chi connectivity index (χ2n) is 21.2. The molecule has 0 heteroatoms. The van der Waals surface area contributed by atoms with Gasteiger partial charge in [0.05, 0.1) is 0 Å². The number of hydrogen-bond donors (Lipinski definition) is 0. The smallest absolute Gasteiger partial charge is 0.0326 e. The van der Waals surface area contributed by atoms with Crippen molar-refractivity contribution >= 4 is 0 Å². The Morgan fingerprint density at radius 3 is 1.59 bits per heavy atom. The molecule has 8 rings (SSSR count). The van der Waals surface area contributed by atoms with Gasteiger partial charge >= 0.3 is 0 Å². The summed E-state index contributed by atoms with van der Waals surface area (Å²) in [5, 5.41) is 0. The first-order valence-electron chi connectivity index (χ1n) is 24.2. The Labute approximate surface area is 306 Å². The minimum atomic E-state index is 0.994. The zero-order chi connectivity index (χ0) is 33.2. The molecule has 0 aromatic carbocycles. The van der Waals surface area contributed by atoms with Gasteiger partial charge in [-0.2, -0.15) is 0 Å². The Balaban J connectivity index is 1.08. The molecule has 8 aliphatic rings. The van der Waals surface area contributed by atoms with Crippen LogP contribution in [0.2, 0.25) is 0 Å². The van der Waals surface area contributed by atoms with Crippen LogP contribution in [-0.2, 0) is 0 Å². The van der Waals surface area contributed by atoms with Crippen molar-refractivity contribution in [2.24, 2.45) is 94.7 Å². The van der Waals surface area contributed by atoms with Crippen molar-refractivity contribution in [3.8, 4) is 0 Å². The van der Waals surface area contributed by atoms with Gasteiger partial charge in [0.1, 0.15) is 0 Å².